The molecule has 10 aromatic rings. The van der Waals surface area contributed by atoms with Crippen molar-refractivity contribution in [1.29, 1.82) is 0 Å². The summed E-state index contributed by atoms with van der Waals surface area (Å²) < 4.78 is 42.7. The second-order valence-electron chi connectivity index (χ2n) is 33.0. The van der Waals surface area contributed by atoms with Crippen LogP contribution in [0.5, 0.6) is 23.0 Å². The Morgan fingerprint density at radius 1 is 0.496 bits per heavy atom. The van der Waals surface area contributed by atoms with Crippen LogP contribution in [0.3, 0.4) is 0 Å². The average molecular weight is 1680 g/mol. The van der Waals surface area contributed by atoms with Gasteiger partial charge in [-0.3, -0.25) is 9.97 Å². The summed E-state index contributed by atoms with van der Waals surface area (Å²) in [6, 6.07) is 82.4. The van der Waals surface area contributed by atoms with Crippen LogP contribution < -0.4 is 56.3 Å². The monoisotopic (exact) mass is 1680 g/mol. The number of aromatic nitrogens is 2. The van der Waals surface area contributed by atoms with Gasteiger partial charge >= 0.3 is 12.2 Å². The maximum Gasteiger partial charge on any atom is 0.410 e. The molecule has 618 valence electrons. The number of carbonyl (C=O) groups excluding carboxylic acids is 2. The molecule has 0 saturated carbocycles. The number of para-hydroxylation sites is 2. The molecule has 0 aliphatic carbocycles. The fraction of sp³-hybridized carbons (Fsp3) is 0.394. The number of halogens is 1. The molecule has 117 heavy (non-hydrogen) atoms. The molecule has 5 aliphatic heterocycles. The standard InChI is InChI=1S/C39H32OP2.C29H41N3O4.C15H21BrN2O3.C15H23NO.CH4/c1-39(2)33-25-15-27-35(41(29-17-7-3-8-18-29)30-19-9-4-10-20-30)37(33)40-38-34(39)26-16-28-36(38)42(31-21-11-5-12-22-31)32-23-13-6-14-24-32;1-29(2,3)36-28(33)32-14-7-12-25(32)22-35-27-17-26(18-30-19-27)31-15-13-24(20-31)21-34-16-8-11-23-9-5-4-6-10-23;1-15(2,3)21-14(19)18-6-4-5-12(18)10-20-13-7-11(16)8-17-9-13;1-2-6-14(7-3-1)9-5-11-17-13-15-8-4-10-16-12-15;/h3-28H,1-2H3;4-6,9-10,17-19,24-25H,7-8,11-16,20-22H2,1-3H3;7-9,12H,4-6,10H2,1-3H3;1-3,6-7,15-16H,4-5,8-13H2;1H4/t;24-,25+;12-;15-;/m.101./s1. The number of ether oxygens (including phenoxy) is 7. The molecule has 0 radical (unpaired) electrons. The minimum absolute atomic E-state index is 0. The van der Waals surface area contributed by atoms with E-state index in [1.54, 1.807) is 28.4 Å². The van der Waals surface area contributed by atoms with E-state index in [-0.39, 0.29) is 37.1 Å². The van der Waals surface area contributed by atoms with Gasteiger partial charge in [0.05, 0.1) is 49.6 Å². The van der Waals surface area contributed by atoms with Crippen LogP contribution in [0.2, 0.25) is 0 Å². The fourth-order valence-electron chi connectivity index (χ4n) is 15.5. The van der Waals surface area contributed by atoms with Crippen LogP contribution in [0.1, 0.15) is 143 Å². The molecule has 8 aromatic carbocycles. The third-order valence-corrected chi connectivity index (χ3v) is 26.7. The molecule has 5 aliphatic rings. The Labute approximate surface area is 707 Å². The van der Waals surface area contributed by atoms with Crippen LogP contribution >= 0.6 is 31.8 Å². The number of hydrogen-bond donors (Lipinski definition) is 1. The Hall–Kier alpha value is -8.98. The van der Waals surface area contributed by atoms with Crippen LogP contribution in [-0.2, 0) is 37.2 Å². The van der Waals surface area contributed by atoms with E-state index in [1.165, 1.54) is 73.5 Å². The number of likely N-dealkylation sites (tertiary alicyclic amines) is 2. The molecule has 15 rings (SSSR count). The number of hydrogen-bond acceptors (Lipinski definition) is 13. The summed E-state index contributed by atoms with van der Waals surface area (Å²) in [5, 5.41) is 11.2. The molecular weight excluding hydrogens is 1560 g/mol. The molecule has 0 unspecified atom stereocenters. The number of nitrogens with one attached hydrogen (secondary N) is 1. The van der Waals surface area contributed by atoms with Gasteiger partial charge in [0.1, 0.15) is 47.4 Å². The SMILES string of the molecule is C.CC(C)(C)OC(=O)N1CCC[C@H]1COc1cncc(Br)c1.CC(C)(C)OC(=O)N1CCC[C@H]1COc1cncc(N2CC[C@@H](COCCCc3ccccc3)C2)c1.CC1(C)c2cccc(P(c3ccccc3)c3ccccc3)c2Oc2c(P(c3ccccc3)c3ccccc3)cccc21.c1ccc(CCCOC[C@@H]2CCCNC2)cc1. The van der Waals surface area contributed by atoms with Gasteiger partial charge < -0.3 is 53.2 Å². The van der Waals surface area contributed by atoms with E-state index in [0.717, 1.165) is 144 Å². The molecule has 4 fully saturated rings. The molecule has 1 N–H and O–H groups in total. The minimum atomic E-state index is -0.824. The highest BCUT2D eigenvalue weighted by Gasteiger charge is 2.40. The summed E-state index contributed by atoms with van der Waals surface area (Å²) >= 11 is 3.36. The highest BCUT2D eigenvalue weighted by Crippen LogP contribution is 2.52. The maximum atomic E-state index is 12.5. The number of benzene rings is 8. The Kier molecular flexibility index (Phi) is 33.5. The summed E-state index contributed by atoms with van der Waals surface area (Å²) in [4.78, 5) is 39.1. The molecule has 4 saturated heterocycles. The summed E-state index contributed by atoms with van der Waals surface area (Å²) in [6.45, 7) is 26.1. The van der Waals surface area contributed by atoms with E-state index in [1.807, 2.05) is 53.8 Å². The van der Waals surface area contributed by atoms with Crippen LogP contribution in [0, 0.1) is 11.8 Å². The van der Waals surface area contributed by atoms with E-state index < -0.39 is 27.0 Å². The van der Waals surface area contributed by atoms with Crippen LogP contribution in [0.15, 0.2) is 260 Å². The van der Waals surface area contributed by atoms with E-state index in [4.69, 9.17) is 33.2 Å². The third kappa shape index (κ3) is 26.3. The van der Waals surface area contributed by atoms with Crippen molar-refractivity contribution in [3.63, 3.8) is 0 Å². The van der Waals surface area contributed by atoms with E-state index in [0.29, 0.717) is 31.4 Å². The van der Waals surface area contributed by atoms with Crippen molar-refractivity contribution in [2.24, 2.45) is 11.8 Å². The van der Waals surface area contributed by atoms with Crippen molar-refractivity contribution in [2.75, 3.05) is 83.8 Å². The first-order chi connectivity index (χ1) is 56.3. The van der Waals surface area contributed by atoms with Crippen LogP contribution in [0.25, 0.3) is 0 Å². The highest BCUT2D eigenvalue weighted by molar-refractivity contribution is 9.10. The number of pyridine rings is 2. The second-order valence-corrected chi connectivity index (χ2v) is 38.3. The predicted molar refractivity (Wildman–Crippen MR) is 485 cm³/mol. The third-order valence-electron chi connectivity index (χ3n) is 21.3. The molecule has 15 nitrogen and oxygen atoms in total. The molecule has 0 bridgehead atoms. The quantitative estimate of drug-likeness (QED) is 0.0428. The zero-order valence-corrected chi connectivity index (χ0v) is 72.4. The van der Waals surface area contributed by atoms with E-state index >= 15 is 0 Å². The summed E-state index contributed by atoms with van der Waals surface area (Å²) in [7, 11) is -1.65. The van der Waals surface area contributed by atoms with Gasteiger partial charge in [0.25, 0.3) is 0 Å². The fourth-order valence-corrected chi connectivity index (χ4v) is 20.6. The van der Waals surface area contributed by atoms with Gasteiger partial charge in [-0.05, 0) is 195 Å². The molecule has 4 atom stereocenters. The van der Waals surface area contributed by atoms with Crippen LogP contribution in [-0.4, -0.2) is 134 Å². The van der Waals surface area contributed by atoms with Crippen molar-refractivity contribution in [1.82, 2.24) is 25.1 Å². The zero-order chi connectivity index (χ0) is 81.1. The van der Waals surface area contributed by atoms with E-state index in [9.17, 15) is 9.59 Å². The van der Waals surface area contributed by atoms with Gasteiger partial charge in [0.2, 0.25) is 0 Å². The number of fused-ring (bicyclic) bond motifs is 2. The lowest BCUT2D eigenvalue weighted by molar-refractivity contribution is 0.0177. The van der Waals surface area contributed by atoms with Gasteiger partial charge in [0.15, 0.2) is 0 Å². The van der Waals surface area contributed by atoms with Crippen molar-refractivity contribution in [3.8, 4) is 23.0 Å². The number of anilines is 1. The Bertz CT molecular complexity index is 4420. The minimum Gasteiger partial charge on any atom is -0.490 e. The van der Waals surface area contributed by atoms with Crippen molar-refractivity contribution >= 4 is 81.5 Å². The summed E-state index contributed by atoms with van der Waals surface area (Å²) in [5.41, 5.74) is 5.15. The largest absolute Gasteiger partial charge is 0.490 e. The number of piperidine rings is 1. The molecule has 2 aromatic heterocycles. The molecule has 18 heteroatoms. The summed E-state index contributed by atoms with van der Waals surface area (Å²) in [5.74, 6) is 4.73. The highest BCUT2D eigenvalue weighted by atomic mass is 79.9. The number of rotatable bonds is 25. The van der Waals surface area contributed by atoms with Crippen molar-refractivity contribution in [2.45, 2.75) is 162 Å². The normalized spacial score (nSPS) is 17.3. The molecular formula is C99H121BrN6O9P2. The van der Waals surface area contributed by atoms with Gasteiger partial charge in [-0.15, -0.1) is 0 Å². The lowest BCUT2D eigenvalue weighted by Crippen LogP contribution is -2.42. The van der Waals surface area contributed by atoms with Gasteiger partial charge in [-0.25, -0.2) is 9.59 Å². The van der Waals surface area contributed by atoms with Crippen molar-refractivity contribution < 1.29 is 42.7 Å². The molecule has 0 spiro atoms. The number of carbonyl (C=O) groups is 2. The van der Waals surface area contributed by atoms with Gasteiger partial charge in [-0.2, -0.15) is 0 Å². The number of amides is 2. The maximum absolute atomic E-state index is 12.5. The predicted octanol–water partition coefficient (Wildman–Crippen LogP) is 19.9. The lowest BCUT2D eigenvalue weighted by Gasteiger charge is -2.38. The van der Waals surface area contributed by atoms with Crippen molar-refractivity contribution in [3.05, 3.63) is 282 Å². The first-order valence-corrected chi connectivity index (χ1v) is 45.0. The van der Waals surface area contributed by atoms with Gasteiger partial charge in [-0.1, -0.05) is 240 Å². The summed E-state index contributed by atoms with van der Waals surface area (Å²) in [6.07, 6.45) is 18.4. The van der Waals surface area contributed by atoms with E-state index in [2.05, 4.69) is 274 Å². The molecule has 2 amide bonds. The topological polar surface area (TPSA) is 146 Å². The van der Waals surface area contributed by atoms with Gasteiger partial charge in [0, 0.05) is 95.7 Å². The lowest BCUT2D eigenvalue weighted by atomic mass is 9.76. The zero-order valence-electron chi connectivity index (χ0n) is 69.0. The number of aryl methyl sites for hydroxylation is 2. The Morgan fingerprint density at radius 2 is 0.923 bits per heavy atom. The van der Waals surface area contributed by atoms with Crippen LogP contribution in [0.4, 0.5) is 15.3 Å². The smallest absolute Gasteiger partial charge is 0.410 e. The first kappa shape index (κ1) is 88.8. The Morgan fingerprint density at radius 3 is 1.35 bits per heavy atom. The number of nitrogens with zero attached hydrogens (tertiary/aromatic N) is 5. The average Bonchev–Trinajstić information content (AvgIpc) is 0.892. The first-order valence-electron chi connectivity index (χ1n) is 41.5. The second kappa shape index (κ2) is 44.2. The Balaban J connectivity index is 0.000000162. The molecule has 7 heterocycles.